The zero-order valence-electron chi connectivity index (χ0n) is 21.2. The summed E-state index contributed by atoms with van der Waals surface area (Å²) in [4.78, 5) is 27.0. The number of ether oxygens (including phenoxy) is 2. The number of likely N-dealkylation sites (tertiary alicyclic amines) is 1. The number of aliphatic hydroxyl groups is 1. The van der Waals surface area contributed by atoms with Gasteiger partial charge in [0.15, 0.2) is 0 Å². The standard InChI is InChI=1S/C27H29FN2O8S/c1-37-27(34)30(22-6-5-20-21-14-17(21)15-38-25(20)24(22)26(32)33)39(35,36)23-7-4-18(28)13-16(23)3-2-10-29-11-8-19(31)9-12-29/h2-7,13,17,19,21,31H,8-12,14-15H2,1H3,(H,32,33)/b3-2-/t17-,21-/m0/s1. The summed E-state index contributed by atoms with van der Waals surface area (Å²) in [6.07, 6.45) is 3.54. The van der Waals surface area contributed by atoms with Crippen molar-refractivity contribution < 1.29 is 42.1 Å². The number of aromatic carboxylic acids is 1. The molecule has 10 nitrogen and oxygen atoms in total. The fourth-order valence-electron chi connectivity index (χ4n) is 5.24. The van der Waals surface area contributed by atoms with Crippen LogP contribution in [0.3, 0.4) is 0 Å². The van der Waals surface area contributed by atoms with E-state index in [2.05, 4.69) is 4.90 Å². The van der Waals surface area contributed by atoms with Crippen molar-refractivity contribution in [3.05, 3.63) is 58.9 Å². The van der Waals surface area contributed by atoms with Crippen LogP contribution >= 0.6 is 0 Å². The van der Waals surface area contributed by atoms with Crippen molar-refractivity contribution >= 4 is 33.8 Å². The zero-order chi connectivity index (χ0) is 27.9. The average molecular weight is 561 g/mol. The Morgan fingerprint density at radius 3 is 2.67 bits per heavy atom. The lowest BCUT2D eigenvalue weighted by Gasteiger charge is -2.28. The minimum atomic E-state index is -4.79. The van der Waals surface area contributed by atoms with Crippen LogP contribution in [0.25, 0.3) is 6.08 Å². The molecular formula is C27H29FN2O8S. The van der Waals surface area contributed by atoms with E-state index in [9.17, 15) is 32.6 Å². The van der Waals surface area contributed by atoms with Crippen LogP contribution in [0.2, 0.25) is 0 Å². The van der Waals surface area contributed by atoms with Gasteiger partial charge in [-0.25, -0.2) is 22.4 Å². The molecular weight excluding hydrogens is 531 g/mol. The molecule has 208 valence electrons. The van der Waals surface area contributed by atoms with Crippen molar-refractivity contribution in [3.63, 3.8) is 0 Å². The number of carboxylic acids is 1. The monoisotopic (exact) mass is 560 g/mol. The Labute approximate surface area is 225 Å². The second-order valence-corrected chi connectivity index (χ2v) is 11.7. The fraction of sp³-hybridized carbons (Fsp3) is 0.407. The number of anilines is 1. The number of nitrogens with zero attached hydrogens (tertiary/aromatic N) is 2. The molecule has 1 amide bonds. The smallest absolute Gasteiger partial charge is 0.428 e. The van der Waals surface area contributed by atoms with E-state index >= 15 is 0 Å². The van der Waals surface area contributed by atoms with Crippen molar-refractivity contribution in [2.45, 2.75) is 36.2 Å². The van der Waals surface area contributed by atoms with Gasteiger partial charge in [0, 0.05) is 25.6 Å². The molecule has 2 N–H and O–H groups in total. The van der Waals surface area contributed by atoms with Crippen molar-refractivity contribution in [2.75, 3.05) is 37.7 Å². The summed E-state index contributed by atoms with van der Waals surface area (Å²) in [7, 11) is -3.80. The number of fused-ring (bicyclic) bond motifs is 3. The topological polar surface area (TPSA) is 134 Å². The van der Waals surface area contributed by atoms with Crippen molar-refractivity contribution in [2.24, 2.45) is 5.92 Å². The highest BCUT2D eigenvalue weighted by atomic mass is 32.2. The van der Waals surface area contributed by atoms with Gasteiger partial charge in [0.05, 0.1) is 30.4 Å². The van der Waals surface area contributed by atoms with Crippen molar-refractivity contribution in [3.8, 4) is 5.75 Å². The van der Waals surface area contributed by atoms with Gasteiger partial charge in [-0.2, -0.15) is 4.31 Å². The summed E-state index contributed by atoms with van der Waals surface area (Å²) in [5.41, 5.74) is -0.255. The molecule has 1 saturated carbocycles. The minimum Gasteiger partial charge on any atom is -0.492 e. The van der Waals surface area contributed by atoms with Crippen LogP contribution in [0.1, 0.15) is 46.7 Å². The minimum absolute atomic E-state index is 0.0205. The van der Waals surface area contributed by atoms with E-state index in [1.54, 1.807) is 12.1 Å². The number of sulfonamides is 1. The molecule has 0 aromatic heterocycles. The highest BCUT2D eigenvalue weighted by Gasteiger charge is 2.47. The molecule has 39 heavy (non-hydrogen) atoms. The van der Waals surface area contributed by atoms with Crippen LogP contribution in [-0.2, 0) is 14.8 Å². The molecule has 0 radical (unpaired) electrons. The number of halogens is 1. The average Bonchev–Trinajstić information content (AvgIpc) is 3.69. The van der Waals surface area contributed by atoms with Gasteiger partial charge in [0.2, 0.25) is 0 Å². The largest absolute Gasteiger partial charge is 0.492 e. The second-order valence-electron chi connectivity index (χ2n) is 9.95. The number of hydrogen-bond donors (Lipinski definition) is 2. The summed E-state index contributed by atoms with van der Waals surface area (Å²) >= 11 is 0. The molecule has 2 heterocycles. The zero-order valence-corrected chi connectivity index (χ0v) is 22.1. The third kappa shape index (κ3) is 5.23. The van der Waals surface area contributed by atoms with Crippen molar-refractivity contribution in [1.82, 2.24) is 4.90 Å². The molecule has 1 saturated heterocycles. The van der Waals surface area contributed by atoms with E-state index in [0.717, 1.165) is 31.7 Å². The maximum absolute atomic E-state index is 14.2. The highest BCUT2D eigenvalue weighted by Crippen LogP contribution is 2.55. The van der Waals surface area contributed by atoms with Crippen LogP contribution < -0.4 is 9.04 Å². The first-order valence-corrected chi connectivity index (χ1v) is 14.1. The first kappa shape index (κ1) is 27.1. The lowest BCUT2D eigenvalue weighted by Crippen LogP contribution is -2.38. The summed E-state index contributed by atoms with van der Waals surface area (Å²) in [6.45, 7) is 2.07. The molecule has 3 aliphatic rings. The molecule has 5 rings (SSSR count). The third-order valence-electron chi connectivity index (χ3n) is 7.41. The summed E-state index contributed by atoms with van der Waals surface area (Å²) in [5, 5.41) is 19.8. The number of methoxy groups -OCH3 is 1. The van der Waals surface area contributed by atoms with Gasteiger partial charge >= 0.3 is 12.1 Å². The van der Waals surface area contributed by atoms with Gasteiger partial charge in [-0.3, -0.25) is 4.90 Å². The molecule has 2 atom stereocenters. The maximum atomic E-state index is 14.2. The quantitative estimate of drug-likeness (QED) is 0.522. The van der Waals surface area contributed by atoms with Gasteiger partial charge in [-0.1, -0.05) is 18.2 Å². The van der Waals surface area contributed by atoms with Crippen LogP contribution in [-0.4, -0.2) is 75.0 Å². The Kier molecular flexibility index (Phi) is 7.36. The van der Waals surface area contributed by atoms with E-state index in [1.165, 1.54) is 12.1 Å². The Hall–Kier alpha value is -3.48. The normalized spacial score (nSPS) is 21.1. The van der Waals surface area contributed by atoms with Gasteiger partial charge in [-0.05, 0) is 60.6 Å². The third-order valence-corrected chi connectivity index (χ3v) is 9.17. The lowest BCUT2D eigenvalue weighted by atomic mass is 10.00. The molecule has 12 heteroatoms. The van der Waals surface area contributed by atoms with Crippen LogP contribution in [0.4, 0.5) is 14.9 Å². The lowest BCUT2D eigenvalue weighted by molar-refractivity contribution is 0.0692. The molecule has 1 aliphatic carbocycles. The van der Waals surface area contributed by atoms with Crippen LogP contribution in [0, 0.1) is 11.7 Å². The number of rotatable bonds is 7. The van der Waals surface area contributed by atoms with Gasteiger partial charge < -0.3 is 19.7 Å². The van der Waals surface area contributed by atoms with Gasteiger partial charge in [0.25, 0.3) is 10.0 Å². The molecule has 0 spiro atoms. The molecule has 2 fully saturated rings. The number of carbonyl (C=O) groups excluding carboxylic acids is 1. The van der Waals surface area contributed by atoms with Crippen LogP contribution in [0.15, 0.2) is 41.3 Å². The number of carbonyl (C=O) groups is 2. The van der Waals surface area contributed by atoms with E-state index in [-0.39, 0.29) is 33.6 Å². The van der Waals surface area contributed by atoms with Crippen LogP contribution in [0.5, 0.6) is 5.75 Å². The Morgan fingerprint density at radius 2 is 1.97 bits per heavy atom. The molecule has 2 aromatic carbocycles. The summed E-state index contributed by atoms with van der Waals surface area (Å²) < 4.78 is 53.0. The highest BCUT2D eigenvalue weighted by molar-refractivity contribution is 7.93. The predicted octanol–water partition coefficient (Wildman–Crippen LogP) is 3.45. The van der Waals surface area contributed by atoms with E-state index in [4.69, 9.17) is 9.47 Å². The Balaban J connectivity index is 1.55. The van der Waals surface area contributed by atoms with Gasteiger partial charge in [-0.15, -0.1) is 0 Å². The van der Waals surface area contributed by atoms with Crippen molar-refractivity contribution in [1.29, 1.82) is 0 Å². The van der Waals surface area contributed by atoms with E-state index in [0.29, 0.717) is 44.6 Å². The maximum Gasteiger partial charge on any atom is 0.428 e. The van der Waals surface area contributed by atoms with Gasteiger partial charge in [0.1, 0.15) is 17.1 Å². The Morgan fingerprint density at radius 1 is 1.23 bits per heavy atom. The molecule has 0 unspecified atom stereocenters. The number of carboxylic acid groups (broad SMARTS) is 1. The fourth-order valence-corrected chi connectivity index (χ4v) is 6.78. The molecule has 0 bridgehead atoms. The first-order chi connectivity index (χ1) is 18.6. The Bertz CT molecular complexity index is 1440. The molecule has 2 aliphatic heterocycles. The number of hydrogen-bond acceptors (Lipinski definition) is 8. The number of aliphatic hydroxyl groups excluding tert-OH is 1. The number of benzene rings is 2. The molecule has 2 aromatic rings. The van der Waals surface area contributed by atoms with E-state index in [1.807, 2.05) is 0 Å². The predicted molar refractivity (Wildman–Crippen MR) is 139 cm³/mol. The summed E-state index contributed by atoms with van der Waals surface area (Å²) in [6, 6.07) is 5.85. The first-order valence-electron chi connectivity index (χ1n) is 12.6. The number of piperidine rings is 1. The SMILES string of the molecule is COC(=O)N(c1ccc2c(c1C(=O)O)OC[C@@H]1C[C@H]21)S(=O)(=O)c1ccc(F)cc1/C=C\CN1CCC(O)CC1. The summed E-state index contributed by atoms with van der Waals surface area (Å²) in [5.74, 6) is -1.70. The second kappa shape index (κ2) is 10.6. The van der Waals surface area contributed by atoms with E-state index < -0.39 is 44.0 Å². The number of amides is 1.